The number of aryl methyl sites for hydroxylation is 1. The van der Waals surface area contributed by atoms with Crippen molar-refractivity contribution in [3.8, 4) is 0 Å². The lowest BCUT2D eigenvalue weighted by atomic mass is 10.0. The Bertz CT molecular complexity index is 801. The van der Waals surface area contributed by atoms with Crippen molar-refractivity contribution in [2.75, 3.05) is 18.4 Å². The summed E-state index contributed by atoms with van der Waals surface area (Å²) in [5.41, 5.74) is 4.80. The van der Waals surface area contributed by atoms with Crippen molar-refractivity contribution >= 4 is 17.0 Å². The molecule has 0 saturated carbocycles. The minimum atomic E-state index is 0.499. The summed E-state index contributed by atoms with van der Waals surface area (Å²) in [4.78, 5) is 10.6. The second-order valence-electron chi connectivity index (χ2n) is 6.79. The lowest BCUT2D eigenvalue weighted by molar-refractivity contribution is 0.211. The molecular formula is C20H24N4. The van der Waals surface area contributed by atoms with E-state index in [4.69, 9.17) is 0 Å². The van der Waals surface area contributed by atoms with Gasteiger partial charge in [0.2, 0.25) is 5.95 Å². The Balaban J connectivity index is 1.34. The lowest BCUT2D eigenvalue weighted by Gasteiger charge is -2.32. The van der Waals surface area contributed by atoms with Gasteiger partial charge in [0.05, 0.1) is 11.0 Å². The Labute approximate surface area is 142 Å². The summed E-state index contributed by atoms with van der Waals surface area (Å²) in [6, 6.07) is 17.6. The number of nitrogens with zero attached hydrogens (tertiary/aromatic N) is 2. The van der Waals surface area contributed by atoms with Gasteiger partial charge in [-0.2, -0.15) is 0 Å². The standard InChI is InChI=1S/C20H24N4/c1-15-7-8-18-19(13-15)23-20(22-18)21-17-9-11-24(12-10-17)14-16-5-3-2-4-6-16/h2-8,13,17H,9-12,14H2,1H3,(H2,21,22,23). The molecule has 124 valence electrons. The smallest absolute Gasteiger partial charge is 0.201 e. The molecule has 0 bridgehead atoms. The van der Waals surface area contributed by atoms with E-state index in [1.54, 1.807) is 0 Å². The van der Waals surface area contributed by atoms with Crippen molar-refractivity contribution < 1.29 is 0 Å². The fourth-order valence-corrected chi connectivity index (χ4v) is 3.46. The molecule has 4 nitrogen and oxygen atoms in total. The molecule has 1 saturated heterocycles. The highest BCUT2D eigenvalue weighted by Gasteiger charge is 2.20. The predicted octanol–water partition coefficient (Wildman–Crippen LogP) is 3.95. The zero-order chi connectivity index (χ0) is 16.4. The molecular weight excluding hydrogens is 296 g/mol. The van der Waals surface area contributed by atoms with E-state index < -0.39 is 0 Å². The molecule has 0 aliphatic carbocycles. The van der Waals surface area contributed by atoms with E-state index in [0.29, 0.717) is 6.04 Å². The Kier molecular flexibility index (Phi) is 4.22. The Morgan fingerprint density at radius 2 is 1.92 bits per heavy atom. The number of fused-ring (bicyclic) bond motifs is 1. The molecule has 0 amide bonds. The molecule has 1 aromatic heterocycles. The van der Waals surface area contributed by atoms with Gasteiger partial charge in [0.25, 0.3) is 0 Å². The molecule has 0 unspecified atom stereocenters. The van der Waals surface area contributed by atoms with E-state index in [0.717, 1.165) is 49.5 Å². The number of hydrogen-bond acceptors (Lipinski definition) is 3. The molecule has 2 aromatic carbocycles. The number of rotatable bonds is 4. The first kappa shape index (κ1) is 15.2. The van der Waals surface area contributed by atoms with Crippen LogP contribution in [0.3, 0.4) is 0 Å². The van der Waals surface area contributed by atoms with Crippen molar-refractivity contribution in [2.45, 2.75) is 32.4 Å². The summed E-state index contributed by atoms with van der Waals surface area (Å²) in [6.07, 6.45) is 2.31. The summed E-state index contributed by atoms with van der Waals surface area (Å²) >= 11 is 0. The van der Waals surface area contributed by atoms with Crippen LogP contribution in [0.1, 0.15) is 24.0 Å². The molecule has 1 aliphatic rings. The van der Waals surface area contributed by atoms with Crippen LogP contribution in [0.25, 0.3) is 11.0 Å². The number of anilines is 1. The molecule has 24 heavy (non-hydrogen) atoms. The Morgan fingerprint density at radius 1 is 1.12 bits per heavy atom. The van der Waals surface area contributed by atoms with Crippen LogP contribution in [-0.4, -0.2) is 34.0 Å². The first-order valence-corrected chi connectivity index (χ1v) is 8.75. The Hall–Kier alpha value is -2.33. The first-order valence-electron chi connectivity index (χ1n) is 8.75. The first-order chi connectivity index (χ1) is 11.8. The van der Waals surface area contributed by atoms with Crippen molar-refractivity contribution in [3.05, 3.63) is 59.7 Å². The largest absolute Gasteiger partial charge is 0.353 e. The molecule has 0 atom stereocenters. The summed E-state index contributed by atoms with van der Waals surface area (Å²) in [5.74, 6) is 0.900. The number of imidazole rings is 1. The molecule has 3 aromatic rings. The zero-order valence-corrected chi connectivity index (χ0v) is 14.1. The SMILES string of the molecule is Cc1ccc2nc(NC3CCN(Cc4ccccc4)CC3)[nH]c2c1. The zero-order valence-electron chi connectivity index (χ0n) is 14.1. The maximum absolute atomic E-state index is 4.65. The Morgan fingerprint density at radius 3 is 2.71 bits per heavy atom. The van der Waals surface area contributed by atoms with E-state index >= 15 is 0 Å². The van der Waals surface area contributed by atoms with E-state index in [-0.39, 0.29) is 0 Å². The second kappa shape index (κ2) is 6.65. The molecule has 2 heterocycles. The number of benzene rings is 2. The molecule has 0 radical (unpaired) electrons. The molecule has 0 spiro atoms. The maximum Gasteiger partial charge on any atom is 0.201 e. The van der Waals surface area contributed by atoms with Crippen molar-refractivity contribution in [2.24, 2.45) is 0 Å². The van der Waals surface area contributed by atoms with E-state index in [2.05, 4.69) is 75.6 Å². The molecule has 1 aliphatic heterocycles. The fourth-order valence-electron chi connectivity index (χ4n) is 3.46. The average Bonchev–Trinajstić information content (AvgIpc) is 2.99. The van der Waals surface area contributed by atoms with E-state index in [1.807, 2.05) is 0 Å². The summed E-state index contributed by atoms with van der Waals surface area (Å²) in [5, 5.41) is 3.58. The van der Waals surface area contributed by atoms with Gasteiger partial charge < -0.3 is 10.3 Å². The van der Waals surface area contributed by atoms with Gasteiger partial charge in [0.15, 0.2) is 0 Å². The fraction of sp³-hybridized carbons (Fsp3) is 0.350. The van der Waals surface area contributed by atoms with Gasteiger partial charge in [-0.15, -0.1) is 0 Å². The van der Waals surface area contributed by atoms with Crippen molar-refractivity contribution in [1.82, 2.24) is 14.9 Å². The molecule has 4 rings (SSSR count). The van der Waals surface area contributed by atoms with Crippen LogP contribution in [0.5, 0.6) is 0 Å². The van der Waals surface area contributed by atoms with Gasteiger partial charge in [-0.05, 0) is 43.0 Å². The molecule has 2 N–H and O–H groups in total. The van der Waals surface area contributed by atoms with E-state index in [9.17, 15) is 0 Å². The van der Waals surface area contributed by atoms with Gasteiger partial charge in [0, 0.05) is 25.7 Å². The third kappa shape index (κ3) is 3.44. The topological polar surface area (TPSA) is 44.0 Å². The van der Waals surface area contributed by atoms with Crippen LogP contribution in [0.15, 0.2) is 48.5 Å². The number of aromatic nitrogens is 2. The van der Waals surface area contributed by atoms with Gasteiger partial charge in [-0.3, -0.25) is 4.90 Å². The summed E-state index contributed by atoms with van der Waals surface area (Å²) < 4.78 is 0. The average molecular weight is 320 g/mol. The van der Waals surface area contributed by atoms with E-state index in [1.165, 1.54) is 11.1 Å². The third-order valence-electron chi connectivity index (χ3n) is 4.81. The number of aromatic amines is 1. The highest BCUT2D eigenvalue weighted by Crippen LogP contribution is 2.20. The second-order valence-corrected chi connectivity index (χ2v) is 6.79. The van der Waals surface area contributed by atoms with Crippen LogP contribution in [0.4, 0.5) is 5.95 Å². The number of hydrogen-bond donors (Lipinski definition) is 2. The number of piperidine rings is 1. The number of H-pyrrole nitrogens is 1. The van der Waals surface area contributed by atoms with Crippen molar-refractivity contribution in [1.29, 1.82) is 0 Å². The highest BCUT2D eigenvalue weighted by molar-refractivity contribution is 5.78. The van der Waals surface area contributed by atoms with Crippen LogP contribution in [-0.2, 0) is 6.54 Å². The normalized spacial score (nSPS) is 16.5. The van der Waals surface area contributed by atoms with Crippen molar-refractivity contribution in [3.63, 3.8) is 0 Å². The van der Waals surface area contributed by atoms with Crippen LogP contribution in [0.2, 0.25) is 0 Å². The molecule has 1 fully saturated rings. The van der Waals surface area contributed by atoms with Crippen LogP contribution >= 0.6 is 0 Å². The quantitative estimate of drug-likeness (QED) is 0.765. The predicted molar refractivity (Wildman–Crippen MR) is 99.2 cm³/mol. The lowest BCUT2D eigenvalue weighted by Crippen LogP contribution is -2.38. The third-order valence-corrected chi connectivity index (χ3v) is 4.81. The van der Waals surface area contributed by atoms with Gasteiger partial charge in [-0.25, -0.2) is 4.98 Å². The number of likely N-dealkylation sites (tertiary alicyclic amines) is 1. The summed E-state index contributed by atoms with van der Waals surface area (Å²) in [6.45, 7) is 5.42. The summed E-state index contributed by atoms with van der Waals surface area (Å²) in [7, 11) is 0. The minimum absolute atomic E-state index is 0.499. The van der Waals surface area contributed by atoms with Crippen LogP contribution in [0, 0.1) is 6.92 Å². The highest BCUT2D eigenvalue weighted by atomic mass is 15.2. The molecule has 4 heteroatoms. The minimum Gasteiger partial charge on any atom is -0.353 e. The van der Waals surface area contributed by atoms with Crippen LogP contribution < -0.4 is 5.32 Å². The maximum atomic E-state index is 4.65. The number of nitrogens with one attached hydrogen (secondary N) is 2. The monoisotopic (exact) mass is 320 g/mol. The van der Waals surface area contributed by atoms with Gasteiger partial charge in [-0.1, -0.05) is 36.4 Å². The van der Waals surface area contributed by atoms with Gasteiger partial charge >= 0.3 is 0 Å². The van der Waals surface area contributed by atoms with Gasteiger partial charge in [0.1, 0.15) is 0 Å².